The first-order chi connectivity index (χ1) is 12.9. The van der Waals surface area contributed by atoms with E-state index in [4.69, 9.17) is 16.3 Å². The van der Waals surface area contributed by atoms with Gasteiger partial charge in [-0.25, -0.2) is 4.39 Å². The summed E-state index contributed by atoms with van der Waals surface area (Å²) in [6.07, 6.45) is 4.89. The molecule has 1 aromatic rings. The molecule has 3 aliphatic rings. The summed E-state index contributed by atoms with van der Waals surface area (Å²) in [5, 5.41) is 0.187. The van der Waals surface area contributed by atoms with E-state index >= 15 is 0 Å². The Balaban J connectivity index is 1.44. The van der Waals surface area contributed by atoms with Gasteiger partial charge in [0.1, 0.15) is 5.82 Å². The van der Waals surface area contributed by atoms with Crippen molar-refractivity contribution in [1.82, 2.24) is 9.80 Å². The van der Waals surface area contributed by atoms with Crippen molar-refractivity contribution in [2.24, 2.45) is 17.8 Å². The van der Waals surface area contributed by atoms with E-state index in [9.17, 15) is 9.18 Å². The van der Waals surface area contributed by atoms with E-state index in [-0.39, 0.29) is 17.0 Å². The van der Waals surface area contributed by atoms with Gasteiger partial charge in [0, 0.05) is 25.7 Å². The highest BCUT2D eigenvalue weighted by Crippen LogP contribution is 2.40. The van der Waals surface area contributed by atoms with Crippen LogP contribution >= 0.6 is 11.6 Å². The van der Waals surface area contributed by atoms with E-state index in [0.717, 1.165) is 38.5 Å². The highest BCUT2D eigenvalue weighted by molar-refractivity contribution is 6.33. The Kier molecular flexibility index (Phi) is 5.45. The van der Waals surface area contributed by atoms with Crippen LogP contribution < -0.4 is 0 Å². The van der Waals surface area contributed by atoms with Crippen LogP contribution in [-0.4, -0.2) is 61.6 Å². The first-order valence-corrected chi connectivity index (χ1v) is 10.3. The molecular formula is C21H28ClFN2O2. The lowest BCUT2D eigenvalue weighted by molar-refractivity contribution is -0.0493. The van der Waals surface area contributed by atoms with Crippen LogP contribution in [0.15, 0.2) is 18.2 Å². The van der Waals surface area contributed by atoms with Gasteiger partial charge in [-0.2, -0.15) is 0 Å². The summed E-state index contributed by atoms with van der Waals surface area (Å²) in [5.74, 6) is 1.20. The van der Waals surface area contributed by atoms with Crippen LogP contribution in [-0.2, 0) is 4.74 Å². The van der Waals surface area contributed by atoms with Gasteiger partial charge in [0.05, 0.1) is 16.7 Å². The summed E-state index contributed by atoms with van der Waals surface area (Å²) in [6.45, 7) is 2.36. The number of ether oxygens (including phenoxy) is 1. The number of rotatable bonds is 5. The van der Waals surface area contributed by atoms with Crippen molar-refractivity contribution in [1.29, 1.82) is 0 Å². The van der Waals surface area contributed by atoms with Gasteiger partial charge in [-0.3, -0.25) is 4.79 Å². The lowest BCUT2D eigenvalue weighted by atomic mass is 9.77. The van der Waals surface area contributed by atoms with Crippen LogP contribution in [0.25, 0.3) is 0 Å². The molecule has 1 aliphatic heterocycles. The summed E-state index contributed by atoms with van der Waals surface area (Å²) in [4.78, 5) is 17.1. The largest absolute Gasteiger partial charge is 0.376 e. The molecule has 4 rings (SSSR count). The molecular weight excluding hydrogens is 367 g/mol. The van der Waals surface area contributed by atoms with E-state index in [2.05, 4.69) is 19.0 Å². The second-order valence-electron chi connectivity index (χ2n) is 8.67. The number of benzene rings is 1. The highest BCUT2D eigenvalue weighted by Gasteiger charge is 2.45. The number of fused-ring (bicyclic) bond motifs is 1. The summed E-state index contributed by atoms with van der Waals surface area (Å²) < 4.78 is 19.6. The number of amides is 1. The average molecular weight is 395 g/mol. The maximum atomic E-state index is 13.3. The zero-order valence-corrected chi connectivity index (χ0v) is 16.8. The molecule has 6 heteroatoms. The number of halogens is 2. The Bertz CT molecular complexity index is 709. The molecule has 3 fully saturated rings. The SMILES string of the molecule is CN(C)[C@@H]1C[C@@H]2CN(C(=O)c3ccc(F)cc3Cl)C[C@@H]2C[C@H]1OCC1CC1. The van der Waals surface area contributed by atoms with Gasteiger partial charge >= 0.3 is 0 Å². The molecule has 27 heavy (non-hydrogen) atoms. The molecule has 0 radical (unpaired) electrons. The van der Waals surface area contributed by atoms with E-state index in [1.54, 1.807) is 0 Å². The molecule has 0 N–H and O–H groups in total. The van der Waals surface area contributed by atoms with Crippen molar-refractivity contribution in [3.63, 3.8) is 0 Å². The van der Waals surface area contributed by atoms with Gasteiger partial charge < -0.3 is 14.5 Å². The summed E-state index contributed by atoms with van der Waals surface area (Å²) >= 11 is 6.11. The fourth-order valence-corrected chi connectivity index (χ4v) is 4.90. The first-order valence-electron chi connectivity index (χ1n) is 9.94. The van der Waals surface area contributed by atoms with Crippen molar-refractivity contribution in [2.45, 2.75) is 37.8 Å². The molecule has 4 atom stereocenters. The third kappa shape index (κ3) is 4.15. The van der Waals surface area contributed by atoms with Crippen LogP contribution in [0.2, 0.25) is 5.02 Å². The number of likely N-dealkylation sites (tertiary alicyclic amines) is 1. The van der Waals surface area contributed by atoms with E-state index in [0.29, 0.717) is 23.4 Å². The van der Waals surface area contributed by atoms with Crippen LogP contribution in [0.3, 0.4) is 0 Å². The van der Waals surface area contributed by atoms with Gasteiger partial charge in [-0.1, -0.05) is 11.6 Å². The first kappa shape index (κ1) is 19.2. The van der Waals surface area contributed by atoms with E-state index in [1.807, 2.05) is 4.90 Å². The van der Waals surface area contributed by atoms with E-state index < -0.39 is 5.82 Å². The molecule has 1 saturated heterocycles. The molecule has 0 spiro atoms. The van der Waals surface area contributed by atoms with Crippen molar-refractivity contribution in [3.8, 4) is 0 Å². The highest BCUT2D eigenvalue weighted by atomic mass is 35.5. The standard InChI is InChI=1S/C21H28ClFN2O2/c1-24(2)19-7-14-10-25(21(26)17-6-5-16(23)9-18(17)22)11-15(14)8-20(19)27-12-13-3-4-13/h5-6,9,13-15,19-20H,3-4,7-8,10-12H2,1-2H3/t14-,15+,19-,20-/m1/s1. The Hall–Kier alpha value is -1.17. The number of carbonyl (C=O) groups excluding carboxylic acids is 1. The number of nitrogens with zero attached hydrogens (tertiary/aromatic N) is 2. The van der Waals surface area contributed by atoms with Crippen molar-refractivity contribution >= 4 is 17.5 Å². The summed E-state index contributed by atoms with van der Waals surface area (Å²) in [6, 6.07) is 4.40. The molecule has 2 saturated carbocycles. The Labute approximate surface area is 165 Å². The maximum absolute atomic E-state index is 13.3. The molecule has 0 aromatic heterocycles. The molecule has 2 aliphatic carbocycles. The minimum absolute atomic E-state index is 0.0914. The van der Waals surface area contributed by atoms with Crippen molar-refractivity contribution in [3.05, 3.63) is 34.6 Å². The smallest absolute Gasteiger partial charge is 0.255 e. The molecule has 1 heterocycles. The van der Waals surface area contributed by atoms with Gasteiger partial charge in [0.2, 0.25) is 0 Å². The monoisotopic (exact) mass is 394 g/mol. The van der Waals surface area contributed by atoms with Gasteiger partial charge in [0.25, 0.3) is 5.91 Å². The zero-order valence-electron chi connectivity index (χ0n) is 16.0. The predicted octanol–water partition coefficient (Wildman–Crippen LogP) is 3.69. The lowest BCUT2D eigenvalue weighted by Crippen LogP contribution is -2.48. The molecule has 0 bridgehead atoms. The number of carbonyl (C=O) groups is 1. The number of hydrogen-bond donors (Lipinski definition) is 0. The van der Waals surface area contributed by atoms with Crippen molar-refractivity contribution in [2.75, 3.05) is 33.8 Å². The quantitative estimate of drug-likeness (QED) is 0.763. The van der Waals surface area contributed by atoms with Gasteiger partial charge in [-0.15, -0.1) is 0 Å². The molecule has 148 valence electrons. The molecule has 1 aromatic carbocycles. The average Bonchev–Trinajstić information content (AvgIpc) is 3.35. The maximum Gasteiger partial charge on any atom is 0.255 e. The Morgan fingerprint density at radius 2 is 1.96 bits per heavy atom. The third-order valence-electron chi connectivity index (χ3n) is 6.44. The van der Waals surface area contributed by atoms with Crippen LogP contribution in [0.5, 0.6) is 0 Å². The van der Waals surface area contributed by atoms with Crippen LogP contribution in [0, 0.1) is 23.6 Å². The normalized spacial score (nSPS) is 30.6. The Morgan fingerprint density at radius 1 is 1.26 bits per heavy atom. The number of hydrogen-bond acceptors (Lipinski definition) is 3. The summed E-state index contributed by atoms with van der Waals surface area (Å²) in [7, 11) is 4.24. The fourth-order valence-electron chi connectivity index (χ4n) is 4.66. The molecule has 4 nitrogen and oxygen atoms in total. The van der Waals surface area contributed by atoms with Crippen LogP contribution in [0.4, 0.5) is 4.39 Å². The fraction of sp³-hybridized carbons (Fsp3) is 0.667. The minimum atomic E-state index is -0.420. The van der Waals surface area contributed by atoms with Gasteiger partial charge in [0.15, 0.2) is 0 Å². The third-order valence-corrected chi connectivity index (χ3v) is 6.75. The summed E-state index contributed by atoms with van der Waals surface area (Å²) in [5.41, 5.74) is 0.391. The molecule has 1 amide bonds. The lowest BCUT2D eigenvalue weighted by Gasteiger charge is -2.41. The minimum Gasteiger partial charge on any atom is -0.376 e. The molecule has 0 unspecified atom stereocenters. The predicted molar refractivity (Wildman–Crippen MR) is 103 cm³/mol. The zero-order chi connectivity index (χ0) is 19.1. The van der Waals surface area contributed by atoms with E-state index in [1.165, 1.54) is 31.0 Å². The van der Waals surface area contributed by atoms with Crippen molar-refractivity contribution < 1.29 is 13.9 Å². The number of likely N-dealkylation sites (N-methyl/N-ethyl adjacent to an activating group) is 1. The second kappa shape index (κ2) is 7.69. The van der Waals surface area contributed by atoms with Gasteiger partial charge in [-0.05, 0) is 75.7 Å². The second-order valence-corrected chi connectivity index (χ2v) is 9.08. The Morgan fingerprint density at radius 3 is 2.59 bits per heavy atom. The van der Waals surface area contributed by atoms with Crippen LogP contribution in [0.1, 0.15) is 36.0 Å². The topological polar surface area (TPSA) is 32.8 Å².